The summed E-state index contributed by atoms with van der Waals surface area (Å²) in [4.78, 5) is 40.9. The number of carbonyl (C=O) groups excluding carboxylic acids is 3. The van der Waals surface area contributed by atoms with Crippen LogP contribution in [0.4, 0.5) is 4.79 Å². The van der Waals surface area contributed by atoms with Gasteiger partial charge in [-0.05, 0) is 25.3 Å². The summed E-state index contributed by atoms with van der Waals surface area (Å²) in [6, 6.07) is 7.93. The molecule has 2 fully saturated rings. The monoisotopic (exact) mass is 407 g/mol. The third-order valence-electron chi connectivity index (χ3n) is 5.58. The van der Waals surface area contributed by atoms with E-state index in [0.29, 0.717) is 24.9 Å². The van der Waals surface area contributed by atoms with E-state index in [4.69, 9.17) is 0 Å². The molecular formula is C19H25N3O5S. The second-order valence-corrected chi connectivity index (χ2v) is 9.41. The minimum Gasteiger partial charge on any atom is -0.337 e. The van der Waals surface area contributed by atoms with Gasteiger partial charge in [-0.3, -0.25) is 14.5 Å². The summed E-state index contributed by atoms with van der Waals surface area (Å²) < 4.78 is 23.5. The molecule has 2 aliphatic heterocycles. The Morgan fingerprint density at radius 2 is 1.93 bits per heavy atom. The van der Waals surface area contributed by atoms with E-state index in [9.17, 15) is 22.8 Å². The predicted molar refractivity (Wildman–Crippen MR) is 103 cm³/mol. The molecule has 1 aromatic rings. The number of imide groups is 1. The molecule has 0 radical (unpaired) electrons. The lowest BCUT2D eigenvalue weighted by atomic mass is 9.87. The Hall–Kier alpha value is -2.42. The minimum atomic E-state index is -3.15. The maximum atomic E-state index is 13.1. The average Bonchev–Trinajstić information content (AvgIpc) is 3.15. The number of amides is 4. The molecule has 0 spiro atoms. The number of likely N-dealkylation sites (N-methyl/N-ethyl adjacent to an activating group) is 1. The lowest BCUT2D eigenvalue weighted by molar-refractivity contribution is -0.140. The molecule has 0 unspecified atom stereocenters. The van der Waals surface area contributed by atoms with Gasteiger partial charge in [-0.15, -0.1) is 0 Å². The number of sulfone groups is 1. The Morgan fingerprint density at radius 1 is 1.25 bits per heavy atom. The molecule has 28 heavy (non-hydrogen) atoms. The summed E-state index contributed by atoms with van der Waals surface area (Å²) in [5.41, 5.74) is -0.521. The van der Waals surface area contributed by atoms with Crippen LogP contribution in [0.3, 0.4) is 0 Å². The van der Waals surface area contributed by atoms with Gasteiger partial charge in [-0.1, -0.05) is 37.3 Å². The summed E-state index contributed by atoms with van der Waals surface area (Å²) in [7, 11) is -3.15. The fourth-order valence-electron chi connectivity index (χ4n) is 4.02. The van der Waals surface area contributed by atoms with Crippen LogP contribution in [0.1, 0.15) is 32.3 Å². The first kappa shape index (κ1) is 20.3. The highest BCUT2D eigenvalue weighted by atomic mass is 32.2. The van der Waals surface area contributed by atoms with Gasteiger partial charge in [0.1, 0.15) is 12.1 Å². The van der Waals surface area contributed by atoms with Crippen LogP contribution in [0, 0.1) is 0 Å². The summed E-state index contributed by atoms with van der Waals surface area (Å²) in [6.07, 6.45) is 0.732. The van der Waals surface area contributed by atoms with Crippen LogP contribution < -0.4 is 5.32 Å². The Kier molecular flexibility index (Phi) is 5.47. The van der Waals surface area contributed by atoms with Gasteiger partial charge in [0.05, 0.1) is 11.5 Å². The maximum absolute atomic E-state index is 13.1. The number of urea groups is 1. The van der Waals surface area contributed by atoms with Gasteiger partial charge in [-0.25, -0.2) is 13.2 Å². The number of carbonyl (C=O) groups is 3. The van der Waals surface area contributed by atoms with Crippen molar-refractivity contribution in [1.29, 1.82) is 0 Å². The Balaban J connectivity index is 1.79. The van der Waals surface area contributed by atoms with Gasteiger partial charge < -0.3 is 10.2 Å². The highest BCUT2D eigenvalue weighted by molar-refractivity contribution is 7.91. The second kappa shape index (κ2) is 7.54. The van der Waals surface area contributed by atoms with Crippen LogP contribution in [-0.4, -0.2) is 66.7 Å². The Bertz CT molecular complexity index is 886. The summed E-state index contributed by atoms with van der Waals surface area (Å²) in [6.45, 7) is 3.48. The Morgan fingerprint density at radius 3 is 2.46 bits per heavy atom. The molecule has 0 aromatic heterocycles. The van der Waals surface area contributed by atoms with Crippen molar-refractivity contribution >= 4 is 27.7 Å². The average molecular weight is 407 g/mol. The minimum absolute atomic E-state index is 0.0531. The van der Waals surface area contributed by atoms with Crippen molar-refractivity contribution in [3.63, 3.8) is 0 Å². The molecule has 1 aromatic carbocycles. The van der Waals surface area contributed by atoms with Gasteiger partial charge in [-0.2, -0.15) is 0 Å². The number of nitrogens with zero attached hydrogens (tertiary/aromatic N) is 2. The molecule has 0 saturated carbocycles. The zero-order valence-corrected chi connectivity index (χ0v) is 16.9. The van der Waals surface area contributed by atoms with E-state index in [-0.39, 0.29) is 11.5 Å². The molecular weight excluding hydrogens is 382 g/mol. The van der Waals surface area contributed by atoms with E-state index < -0.39 is 45.8 Å². The maximum Gasteiger partial charge on any atom is 0.325 e. The lowest BCUT2D eigenvalue weighted by Gasteiger charge is -2.29. The molecule has 9 heteroatoms. The van der Waals surface area contributed by atoms with E-state index in [1.807, 2.05) is 6.07 Å². The van der Waals surface area contributed by atoms with Crippen molar-refractivity contribution < 1.29 is 22.8 Å². The smallest absolute Gasteiger partial charge is 0.325 e. The standard InChI is InChI=1S/C19H25N3O5S/c1-3-19(14-8-6-5-7-9-14)17(24)22(18(25)20-19)12-16(23)21(4-2)15-10-11-28(26,27)13-15/h5-9,15H,3-4,10-13H2,1-2H3,(H,20,25)/t15-,19+/m1/s1. The van der Waals surface area contributed by atoms with Crippen LogP contribution in [0.15, 0.2) is 30.3 Å². The SMILES string of the molecule is CCN(C(=O)CN1C(=O)N[C@@](CC)(c2ccccc2)C1=O)[C@@H]1CCS(=O)(=O)C1. The molecule has 3 rings (SSSR count). The van der Waals surface area contributed by atoms with E-state index in [0.717, 1.165) is 4.90 Å². The van der Waals surface area contributed by atoms with E-state index in [1.165, 1.54) is 4.90 Å². The van der Waals surface area contributed by atoms with E-state index >= 15 is 0 Å². The first-order valence-corrected chi connectivity index (χ1v) is 11.3. The first-order chi connectivity index (χ1) is 13.2. The molecule has 4 amide bonds. The highest BCUT2D eigenvalue weighted by Crippen LogP contribution is 2.32. The van der Waals surface area contributed by atoms with Crippen LogP contribution in [-0.2, 0) is 25.0 Å². The van der Waals surface area contributed by atoms with E-state index in [2.05, 4.69) is 5.32 Å². The third-order valence-corrected chi connectivity index (χ3v) is 7.33. The number of hydrogen-bond acceptors (Lipinski definition) is 5. The fraction of sp³-hybridized carbons (Fsp3) is 0.526. The largest absolute Gasteiger partial charge is 0.337 e. The van der Waals surface area contributed by atoms with Crippen LogP contribution in [0.5, 0.6) is 0 Å². The molecule has 2 aliphatic rings. The van der Waals surface area contributed by atoms with Crippen molar-refractivity contribution in [1.82, 2.24) is 15.1 Å². The van der Waals surface area contributed by atoms with Crippen molar-refractivity contribution in [3.05, 3.63) is 35.9 Å². The molecule has 2 saturated heterocycles. The highest BCUT2D eigenvalue weighted by Gasteiger charge is 2.52. The van der Waals surface area contributed by atoms with E-state index in [1.54, 1.807) is 38.1 Å². The van der Waals surface area contributed by atoms with Crippen molar-refractivity contribution in [3.8, 4) is 0 Å². The molecule has 8 nitrogen and oxygen atoms in total. The molecule has 2 heterocycles. The second-order valence-electron chi connectivity index (χ2n) is 7.18. The van der Waals surface area contributed by atoms with Gasteiger partial charge >= 0.3 is 6.03 Å². The molecule has 0 bridgehead atoms. The van der Waals surface area contributed by atoms with Crippen molar-refractivity contribution in [2.75, 3.05) is 24.6 Å². The summed E-state index contributed by atoms with van der Waals surface area (Å²) in [5, 5.41) is 2.75. The lowest BCUT2D eigenvalue weighted by Crippen LogP contribution is -2.48. The predicted octanol–water partition coefficient (Wildman–Crippen LogP) is 0.879. The van der Waals surface area contributed by atoms with Crippen LogP contribution in [0.2, 0.25) is 0 Å². The van der Waals surface area contributed by atoms with Crippen molar-refractivity contribution in [2.45, 2.75) is 38.3 Å². The van der Waals surface area contributed by atoms with Crippen LogP contribution in [0.25, 0.3) is 0 Å². The molecule has 2 atom stereocenters. The molecule has 0 aliphatic carbocycles. The molecule has 152 valence electrons. The number of nitrogens with one attached hydrogen (secondary N) is 1. The van der Waals surface area contributed by atoms with Gasteiger partial charge in [0.25, 0.3) is 5.91 Å². The topological polar surface area (TPSA) is 104 Å². The Labute approximate surface area is 164 Å². The zero-order valence-electron chi connectivity index (χ0n) is 16.1. The first-order valence-electron chi connectivity index (χ1n) is 9.43. The number of hydrogen-bond donors (Lipinski definition) is 1. The normalized spacial score (nSPS) is 26.4. The third kappa shape index (κ3) is 3.50. The van der Waals surface area contributed by atoms with Gasteiger partial charge in [0.15, 0.2) is 9.84 Å². The summed E-state index contributed by atoms with van der Waals surface area (Å²) in [5.74, 6) is -0.907. The number of rotatable bonds is 6. The van der Waals surface area contributed by atoms with Crippen LogP contribution >= 0.6 is 0 Å². The van der Waals surface area contributed by atoms with Crippen molar-refractivity contribution in [2.24, 2.45) is 0 Å². The van der Waals surface area contributed by atoms with Gasteiger partial charge in [0, 0.05) is 12.6 Å². The van der Waals surface area contributed by atoms with Gasteiger partial charge in [0.2, 0.25) is 5.91 Å². The zero-order chi connectivity index (χ0) is 20.5. The molecule has 1 N–H and O–H groups in total. The number of benzene rings is 1. The fourth-order valence-corrected chi connectivity index (χ4v) is 5.75. The quantitative estimate of drug-likeness (QED) is 0.705. The summed E-state index contributed by atoms with van der Waals surface area (Å²) >= 11 is 0.